The molecule has 0 bridgehead atoms. The third-order valence-corrected chi connectivity index (χ3v) is 4.01. The zero-order valence-electron chi connectivity index (χ0n) is 11.6. The van der Waals surface area contributed by atoms with Crippen molar-refractivity contribution in [3.05, 3.63) is 65.5 Å². The number of hydrogen-bond acceptors (Lipinski definition) is 4. The van der Waals surface area contributed by atoms with Crippen molar-refractivity contribution >= 4 is 22.7 Å². The summed E-state index contributed by atoms with van der Waals surface area (Å²) in [5.74, 6) is 0.0194. The van der Waals surface area contributed by atoms with Crippen LogP contribution in [0.25, 0.3) is 17.1 Å². The number of nitrogens with zero attached hydrogens (tertiary/aromatic N) is 3. The van der Waals surface area contributed by atoms with Crippen molar-refractivity contribution in [2.24, 2.45) is 0 Å². The molecule has 0 spiro atoms. The van der Waals surface area contributed by atoms with Gasteiger partial charge in [-0.3, -0.25) is 8.78 Å². The molecule has 0 radical (unpaired) electrons. The molecule has 0 fully saturated rings. The summed E-state index contributed by atoms with van der Waals surface area (Å²) in [5, 5.41) is 0.224. The lowest BCUT2D eigenvalue weighted by Crippen LogP contribution is -2.00. The molecule has 3 rings (SSSR count). The fraction of sp³-hybridized carbons (Fsp3) is 0.0667. The minimum absolute atomic E-state index is 0.102. The number of aromatic nitrogens is 3. The van der Waals surface area contributed by atoms with Gasteiger partial charge in [0.1, 0.15) is 18.0 Å². The van der Waals surface area contributed by atoms with Gasteiger partial charge in [0.25, 0.3) is 0 Å². The fourth-order valence-electron chi connectivity index (χ4n) is 2.18. The summed E-state index contributed by atoms with van der Waals surface area (Å²) in [6.07, 6.45) is 2.95. The predicted molar refractivity (Wildman–Crippen MR) is 84.4 cm³/mol. The second-order valence-corrected chi connectivity index (χ2v) is 5.99. The van der Waals surface area contributed by atoms with Gasteiger partial charge in [0.15, 0.2) is 5.15 Å². The number of pyridine rings is 1. The summed E-state index contributed by atoms with van der Waals surface area (Å²) in [7, 11) is 0. The molecule has 1 unspecified atom stereocenters. The maximum atomic E-state index is 13.5. The molecule has 8 heteroatoms. The topological polar surface area (TPSA) is 70.8 Å². The van der Waals surface area contributed by atoms with E-state index < -0.39 is 11.1 Å². The molecule has 1 aromatic carbocycles. The van der Waals surface area contributed by atoms with Crippen molar-refractivity contribution in [1.29, 1.82) is 0 Å². The van der Waals surface area contributed by atoms with E-state index in [2.05, 4.69) is 9.97 Å². The third kappa shape index (κ3) is 3.47. The Morgan fingerprint density at radius 3 is 2.74 bits per heavy atom. The van der Waals surface area contributed by atoms with Crippen LogP contribution < -0.4 is 0 Å². The number of hydrogen-bond donors (Lipinski definition) is 0. The van der Waals surface area contributed by atoms with Crippen LogP contribution in [0.15, 0.2) is 48.9 Å². The molecular formula is C15H10ClFN3O2S-. The van der Waals surface area contributed by atoms with E-state index in [4.69, 9.17) is 11.6 Å². The Morgan fingerprint density at radius 1 is 1.26 bits per heavy atom. The van der Waals surface area contributed by atoms with Gasteiger partial charge < -0.3 is 4.55 Å². The molecule has 5 nitrogen and oxygen atoms in total. The van der Waals surface area contributed by atoms with Crippen LogP contribution in [0.5, 0.6) is 0 Å². The van der Waals surface area contributed by atoms with Gasteiger partial charge in [0.2, 0.25) is 0 Å². The summed E-state index contributed by atoms with van der Waals surface area (Å²) in [5.41, 5.74) is 1.65. The highest BCUT2D eigenvalue weighted by molar-refractivity contribution is 7.78. The molecule has 1 atom stereocenters. The first kappa shape index (κ1) is 15.8. The lowest BCUT2D eigenvalue weighted by atomic mass is 10.1. The highest BCUT2D eigenvalue weighted by atomic mass is 35.5. The summed E-state index contributed by atoms with van der Waals surface area (Å²) in [6, 6.07) is 9.31. The first-order valence-electron chi connectivity index (χ1n) is 6.54. The molecular weight excluding hydrogens is 341 g/mol. The van der Waals surface area contributed by atoms with Crippen LogP contribution in [0.2, 0.25) is 5.15 Å². The van der Waals surface area contributed by atoms with Crippen LogP contribution in [0.1, 0.15) is 5.56 Å². The molecule has 0 saturated carbocycles. The Balaban J connectivity index is 2.03. The van der Waals surface area contributed by atoms with E-state index in [1.165, 1.54) is 24.7 Å². The second kappa shape index (κ2) is 6.57. The highest BCUT2D eigenvalue weighted by Gasteiger charge is 2.14. The van der Waals surface area contributed by atoms with Gasteiger partial charge >= 0.3 is 0 Å². The molecule has 3 aromatic rings. The Morgan fingerprint density at radius 2 is 2.09 bits per heavy atom. The van der Waals surface area contributed by atoms with E-state index in [1.54, 1.807) is 28.8 Å². The van der Waals surface area contributed by atoms with Crippen molar-refractivity contribution in [1.82, 2.24) is 14.5 Å². The number of benzene rings is 1. The van der Waals surface area contributed by atoms with Crippen LogP contribution in [-0.4, -0.2) is 23.3 Å². The zero-order valence-corrected chi connectivity index (χ0v) is 13.2. The third-order valence-electron chi connectivity index (χ3n) is 3.16. The van der Waals surface area contributed by atoms with Crippen molar-refractivity contribution in [2.75, 3.05) is 0 Å². The molecule has 118 valence electrons. The smallest absolute Gasteiger partial charge is 0.155 e. The molecule has 0 aliphatic carbocycles. The Labute approximate surface area is 139 Å². The molecule has 0 saturated heterocycles. The van der Waals surface area contributed by atoms with Crippen molar-refractivity contribution in [2.45, 2.75) is 5.75 Å². The maximum Gasteiger partial charge on any atom is 0.155 e. The summed E-state index contributed by atoms with van der Waals surface area (Å²) < 4.78 is 36.5. The van der Waals surface area contributed by atoms with Gasteiger partial charge in [-0.05, 0) is 23.8 Å². The van der Waals surface area contributed by atoms with E-state index in [0.29, 0.717) is 22.6 Å². The average Bonchev–Trinajstić information content (AvgIpc) is 2.89. The first-order valence-corrected chi connectivity index (χ1v) is 8.17. The van der Waals surface area contributed by atoms with Crippen molar-refractivity contribution in [3.8, 4) is 17.1 Å². The highest BCUT2D eigenvalue weighted by Crippen LogP contribution is 2.29. The summed E-state index contributed by atoms with van der Waals surface area (Å²) in [4.78, 5) is 8.26. The lowest BCUT2D eigenvalue weighted by molar-refractivity contribution is 0.536. The van der Waals surface area contributed by atoms with Crippen LogP contribution in [-0.2, 0) is 16.8 Å². The molecule has 0 amide bonds. The van der Waals surface area contributed by atoms with Crippen molar-refractivity contribution in [3.63, 3.8) is 0 Å². The number of imidazole rings is 1. The molecule has 0 aliphatic heterocycles. The second-order valence-electron chi connectivity index (χ2n) is 4.74. The molecule has 0 N–H and O–H groups in total. The molecule has 0 aliphatic rings. The Bertz CT molecular complexity index is 867. The number of rotatable bonds is 4. The fourth-order valence-corrected chi connectivity index (χ4v) is 2.86. The van der Waals surface area contributed by atoms with Gasteiger partial charge in [0, 0.05) is 17.5 Å². The monoisotopic (exact) mass is 350 g/mol. The van der Waals surface area contributed by atoms with Crippen LogP contribution >= 0.6 is 11.6 Å². The average molecular weight is 351 g/mol. The SMILES string of the molecule is O=S([O-])Cc1ccc(-n2cnc(Cl)c2-c2cccc(F)c2)nc1. The Hall–Kier alpha value is -2.09. The van der Waals surface area contributed by atoms with E-state index in [-0.39, 0.29) is 16.7 Å². The van der Waals surface area contributed by atoms with Gasteiger partial charge in [-0.1, -0.05) is 40.9 Å². The van der Waals surface area contributed by atoms with Gasteiger partial charge in [-0.2, -0.15) is 0 Å². The van der Waals surface area contributed by atoms with E-state index in [9.17, 15) is 13.2 Å². The molecule has 2 aromatic heterocycles. The number of halogens is 2. The van der Waals surface area contributed by atoms with Crippen LogP contribution in [0.3, 0.4) is 0 Å². The van der Waals surface area contributed by atoms with Crippen LogP contribution in [0, 0.1) is 5.82 Å². The van der Waals surface area contributed by atoms with Gasteiger partial charge in [0.05, 0.1) is 5.69 Å². The minimum Gasteiger partial charge on any atom is -0.772 e. The standard InChI is InChI=1S/C15H11ClFN3O2S/c16-15-14(11-2-1-3-12(17)6-11)20(9-19-15)13-5-4-10(7-18-13)8-23(21)22/h1-7,9H,8H2,(H,21,22)/p-1. The quantitative estimate of drug-likeness (QED) is 0.678. The van der Waals surface area contributed by atoms with Gasteiger partial charge in [-0.25, -0.2) is 14.4 Å². The first-order chi connectivity index (χ1) is 11.0. The molecule has 23 heavy (non-hydrogen) atoms. The van der Waals surface area contributed by atoms with E-state index >= 15 is 0 Å². The van der Waals surface area contributed by atoms with Crippen molar-refractivity contribution < 1.29 is 13.2 Å². The lowest BCUT2D eigenvalue weighted by Gasteiger charge is -2.09. The molecule has 2 heterocycles. The minimum atomic E-state index is -2.17. The predicted octanol–water partition coefficient (Wildman–Crippen LogP) is 3.11. The summed E-state index contributed by atoms with van der Waals surface area (Å²) in [6.45, 7) is 0. The Kier molecular flexibility index (Phi) is 4.51. The maximum absolute atomic E-state index is 13.5. The van der Waals surface area contributed by atoms with E-state index in [1.807, 2.05) is 0 Å². The van der Waals surface area contributed by atoms with Crippen LogP contribution in [0.4, 0.5) is 4.39 Å². The largest absolute Gasteiger partial charge is 0.772 e. The van der Waals surface area contributed by atoms with Gasteiger partial charge in [-0.15, -0.1) is 0 Å². The normalized spacial score (nSPS) is 12.3. The van der Waals surface area contributed by atoms with E-state index in [0.717, 1.165) is 0 Å². The zero-order chi connectivity index (χ0) is 16.4. The summed E-state index contributed by atoms with van der Waals surface area (Å²) >= 11 is 3.95.